The third-order valence-corrected chi connectivity index (χ3v) is 5.35. The Kier molecular flexibility index (Phi) is 6.72. The second-order valence-electron chi connectivity index (χ2n) is 7.57. The number of nitrogens with zero attached hydrogens (tertiary/aromatic N) is 5. The molecule has 0 radical (unpaired) electrons. The highest BCUT2D eigenvalue weighted by molar-refractivity contribution is 5.79. The second kappa shape index (κ2) is 10.0. The number of imidazole rings is 1. The lowest BCUT2D eigenvalue weighted by molar-refractivity contribution is 0.331. The molecular weight excluding hydrogens is 374 g/mol. The number of nitrogens with one attached hydrogen (secondary N) is 2. The lowest BCUT2D eigenvalue weighted by atomic mass is 10.1. The molecule has 1 aliphatic heterocycles. The van der Waals surface area contributed by atoms with Crippen molar-refractivity contribution in [3.8, 4) is 5.82 Å². The monoisotopic (exact) mass is 403 g/mol. The van der Waals surface area contributed by atoms with Crippen LogP contribution < -0.4 is 10.6 Å². The summed E-state index contributed by atoms with van der Waals surface area (Å²) in [5, 5.41) is 6.76. The second-order valence-corrected chi connectivity index (χ2v) is 7.57. The summed E-state index contributed by atoms with van der Waals surface area (Å²) in [4.78, 5) is 15.3. The van der Waals surface area contributed by atoms with Crippen LogP contribution in [0.15, 0.2) is 66.3 Å². The van der Waals surface area contributed by atoms with E-state index in [1.807, 2.05) is 29.1 Å². The number of hydrogen-bond donors (Lipinski definition) is 2. The molecule has 0 amide bonds. The minimum atomic E-state index is 0.665. The van der Waals surface area contributed by atoms with Crippen LogP contribution in [0.2, 0.25) is 0 Å². The van der Waals surface area contributed by atoms with Crippen LogP contribution in [0.5, 0.6) is 0 Å². The average Bonchev–Trinajstić information content (AvgIpc) is 3.50. The third kappa shape index (κ3) is 5.45. The lowest BCUT2D eigenvalue weighted by Crippen LogP contribution is -2.36. The summed E-state index contributed by atoms with van der Waals surface area (Å²) in [6.45, 7) is 4.92. The Morgan fingerprint density at radius 1 is 0.967 bits per heavy atom. The zero-order valence-electron chi connectivity index (χ0n) is 17.5. The number of rotatable bonds is 7. The maximum atomic E-state index is 4.39. The number of benzene rings is 1. The Labute approximate surface area is 177 Å². The molecule has 0 bridgehead atoms. The van der Waals surface area contributed by atoms with E-state index in [4.69, 9.17) is 0 Å². The zero-order chi connectivity index (χ0) is 20.6. The maximum Gasteiger partial charge on any atom is 0.191 e. The van der Waals surface area contributed by atoms with Crippen molar-refractivity contribution in [3.63, 3.8) is 0 Å². The highest BCUT2D eigenvalue weighted by Crippen LogP contribution is 2.13. The molecule has 1 saturated heterocycles. The molecule has 0 saturated carbocycles. The molecule has 0 unspecified atom stereocenters. The van der Waals surface area contributed by atoms with Crippen LogP contribution in [0.4, 0.5) is 0 Å². The fraction of sp³-hybridized carbons (Fsp3) is 0.348. The van der Waals surface area contributed by atoms with Crippen molar-refractivity contribution in [2.45, 2.75) is 32.5 Å². The zero-order valence-corrected chi connectivity index (χ0v) is 17.5. The Bertz CT molecular complexity index is 942. The van der Waals surface area contributed by atoms with E-state index in [2.05, 4.69) is 54.8 Å². The van der Waals surface area contributed by atoms with Crippen molar-refractivity contribution in [3.05, 3.63) is 78.0 Å². The SMILES string of the molecule is CN=C(NCc1ccc(CN2CCCC2)cc1)NCc1ccnc(-n2ccnc2)c1. The summed E-state index contributed by atoms with van der Waals surface area (Å²) in [5.74, 6) is 1.63. The van der Waals surface area contributed by atoms with Crippen molar-refractivity contribution in [2.24, 2.45) is 4.99 Å². The highest BCUT2D eigenvalue weighted by Gasteiger charge is 2.11. The Morgan fingerprint density at radius 3 is 2.40 bits per heavy atom. The van der Waals surface area contributed by atoms with Crippen LogP contribution in [-0.4, -0.2) is 45.5 Å². The number of pyridine rings is 1. The molecule has 2 aromatic heterocycles. The summed E-state index contributed by atoms with van der Waals surface area (Å²) >= 11 is 0. The Balaban J connectivity index is 1.26. The van der Waals surface area contributed by atoms with Gasteiger partial charge in [-0.2, -0.15) is 0 Å². The first kappa shape index (κ1) is 20.1. The maximum absolute atomic E-state index is 4.39. The molecule has 4 rings (SSSR count). The van der Waals surface area contributed by atoms with E-state index < -0.39 is 0 Å². The van der Waals surface area contributed by atoms with Gasteiger partial charge in [0.05, 0.1) is 0 Å². The predicted molar refractivity (Wildman–Crippen MR) is 119 cm³/mol. The minimum absolute atomic E-state index is 0.665. The largest absolute Gasteiger partial charge is 0.352 e. The van der Waals surface area contributed by atoms with E-state index in [1.165, 1.54) is 37.1 Å². The van der Waals surface area contributed by atoms with Gasteiger partial charge in [0.1, 0.15) is 12.1 Å². The summed E-state index contributed by atoms with van der Waals surface area (Å²) in [6, 6.07) is 12.9. The summed E-state index contributed by atoms with van der Waals surface area (Å²) in [6.07, 6.45) is 9.85. The standard InChI is InChI=1S/C23H29N7/c1-24-23(28-16-21-8-9-26-22(14-21)30-13-10-25-18-30)27-15-19-4-6-20(7-5-19)17-29-11-2-3-12-29/h4-10,13-14,18H,2-3,11-12,15-17H2,1H3,(H2,24,27,28). The first-order valence-corrected chi connectivity index (χ1v) is 10.5. The first-order valence-electron chi connectivity index (χ1n) is 10.5. The van der Waals surface area contributed by atoms with Gasteiger partial charge in [-0.25, -0.2) is 9.97 Å². The molecule has 0 aliphatic carbocycles. The fourth-order valence-corrected chi connectivity index (χ4v) is 3.66. The molecule has 156 valence electrons. The molecule has 7 heteroatoms. The molecule has 3 heterocycles. The molecule has 2 N–H and O–H groups in total. The molecule has 30 heavy (non-hydrogen) atoms. The Morgan fingerprint density at radius 2 is 1.70 bits per heavy atom. The van der Waals surface area contributed by atoms with E-state index >= 15 is 0 Å². The van der Waals surface area contributed by atoms with Gasteiger partial charge in [0.15, 0.2) is 5.96 Å². The van der Waals surface area contributed by atoms with Gasteiger partial charge in [0, 0.05) is 45.3 Å². The van der Waals surface area contributed by atoms with Gasteiger partial charge in [0.2, 0.25) is 0 Å². The molecule has 0 spiro atoms. The predicted octanol–water partition coefficient (Wildman–Crippen LogP) is 2.73. The van der Waals surface area contributed by atoms with Crippen LogP contribution >= 0.6 is 0 Å². The van der Waals surface area contributed by atoms with E-state index in [-0.39, 0.29) is 0 Å². The first-order chi connectivity index (χ1) is 14.8. The van der Waals surface area contributed by atoms with Crippen LogP contribution in [0.3, 0.4) is 0 Å². The minimum Gasteiger partial charge on any atom is -0.352 e. The third-order valence-electron chi connectivity index (χ3n) is 5.35. The summed E-state index contributed by atoms with van der Waals surface area (Å²) in [7, 11) is 1.79. The van der Waals surface area contributed by atoms with Crippen LogP contribution in [0, 0.1) is 0 Å². The van der Waals surface area contributed by atoms with E-state index in [0.29, 0.717) is 6.54 Å². The van der Waals surface area contributed by atoms with Crippen molar-refractivity contribution in [1.29, 1.82) is 0 Å². The molecule has 3 aromatic rings. The smallest absolute Gasteiger partial charge is 0.191 e. The van der Waals surface area contributed by atoms with Crippen LogP contribution in [0.25, 0.3) is 5.82 Å². The molecule has 7 nitrogen and oxygen atoms in total. The van der Waals surface area contributed by atoms with Gasteiger partial charge in [-0.05, 0) is 54.8 Å². The Hall–Kier alpha value is -3.19. The van der Waals surface area contributed by atoms with Crippen molar-refractivity contribution >= 4 is 5.96 Å². The van der Waals surface area contributed by atoms with Crippen molar-refractivity contribution in [2.75, 3.05) is 20.1 Å². The fourth-order valence-electron chi connectivity index (χ4n) is 3.66. The number of hydrogen-bond acceptors (Lipinski definition) is 4. The van der Waals surface area contributed by atoms with Crippen molar-refractivity contribution < 1.29 is 0 Å². The van der Waals surface area contributed by atoms with Crippen molar-refractivity contribution in [1.82, 2.24) is 30.1 Å². The molecule has 1 aromatic carbocycles. The number of guanidine groups is 1. The molecular formula is C23H29N7. The van der Waals surface area contributed by atoms with Gasteiger partial charge in [0.25, 0.3) is 0 Å². The highest BCUT2D eigenvalue weighted by atomic mass is 15.2. The average molecular weight is 404 g/mol. The normalized spacial score (nSPS) is 14.8. The number of aliphatic imine (C=N–C) groups is 1. The van der Waals surface area contributed by atoms with E-state index in [0.717, 1.165) is 30.4 Å². The van der Waals surface area contributed by atoms with Gasteiger partial charge in [-0.1, -0.05) is 24.3 Å². The van der Waals surface area contributed by atoms with Gasteiger partial charge < -0.3 is 10.6 Å². The number of aromatic nitrogens is 3. The van der Waals surface area contributed by atoms with Gasteiger partial charge >= 0.3 is 0 Å². The van der Waals surface area contributed by atoms with Crippen LogP contribution in [0.1, 0.15) is 29.5 Å². The molecule has 0 atom stereocenters. The quantitative estimate of drug-likeness (QED) is 0.469. The lowest BCUT2D eigenvalue weighted by Gasteiger charge is -2.15. The molecule has 1 aliphatic rings. The molecule has 1 fully saturated rings. The van der Waals surface area contributed by atoms with Gasteiger partial charge in [-0.15, -0.1) is 0 Å². The summed E-state index contributed by atoms with van der Waals surface area (Å²) < 4.78 is 1.89. The number of likely N-dealkylation sites (tertiary alicyclic amines) is 1. The summed E-state index contributed by atoms with van der Waals surface area (Å²) in [5.41, 5.74) is 3.76. The van der Waals surface area contributed by atoms with E-state index in [1.54, 1.807) is 19.6 Å². The van der Waals surface area contributed by atoms with E-state index in [9.17, 15) is 0 Å². The van der Waals surface area contributed by atoms with Crippen LogP contribution in [-0.2, 0) is 19.6 Å². The topological polar surface area (TPSA) is 70.4 Å². The van der Waals surface area contributed by atoms with Gasteiger partial charge in [-0.3, -0.25) is 14.5 Å².